The highest BCUT2D eigenvalue weighted by Gasteiger charge is 2.35. The van der Waals surface area contributed by atoms with Crippen LogP contribution in [0.25, 0.3) is 0 Å². The van der Waals surface area contributed by atoms with Gasteiger partial charge < -0.3 is 10.2 Å². The van der Waals surface area contributed by atoms with E-state index >= 15 is 0 Å². The summed E-state index contributed by atoms with van der Waals surface area (Å²) >= 11 is 6.19. The van der Waals surface area contributed by atoms with Crippen LogP contribution in [0.3, 0.4) is 0 Å². The maximum atomic E-state index is 14.2. The third kappa shape index (κ3) is 8.33. The molecule has 9 heteroatoms. The van der Waals surface area contributed by atoms with Crippen LogP contribution in [0.15, 0.2) is 71.6 Å². The van der Waals surface area contributed by atoms with E-state index in [9.17, 15) is 18.0 Å². The lowest BCUT2D eigenvalue weighted by atomic mass is 10.1. The van der Waals surface area contributed by atoms with Crippen molar-refractivity contribution in [3.05, 3.63) is 94.0 Å². The number of amides is 2. The maximum Gasteiger partial charge on any atom is 0.264 e. The van der Waals surface area contributed by atoms with E-state index < -0.39 is 34.1 Å². The van der Waals surface area contributed by atoms with Crippen molar-refractivity contribution in [1.29, 1.82) is 0 Å². The summed E-state index contributed by atoms with van der Waals surface area (Å²) in [5, 5.41) is 3.44. The van der Waals surface area contributed by atoms with Crippen molar-refractivity contribution in [2.75, 3.05) is 10.8 Å². The molecule has 0 unspecified atom stereocenters. The predicted octanol–water partition coefficient (Wildman–Crippen LogP) is 6.18. The zero-order chi connectivity index (χ0) is 30.5. The molecule has 0 aromatic heterocycles. The molecule has 0 saturated heterocycles. The molecule has 1 atom stereocenters. The molecule has 0 bridgehead atoms. The second-order valence-electron chi connectivity index (χ2n) is 11.4. The molecule has 0 aliphatic rings. The number of anilines is 1. The van der Waals surface area contributed by atoms with Gasteiger partial charge >= 0.3 is 0 Å². The van der Waals surface area contributed by atoms with E-state index in [4.69, 9.17) is 11.6 Å². The lowest BCUT2D eigenvalue weighted by Gasteiger charge is -2.35. The Hall–Kier alpha value is -3.36. The molecule has 0 aliphatic carbocycles. The van der Waals surface area contributed by atoms with Gasteiger partial charge in [0.25, 0.3) is 10.0 Å². The highest BCUT2D eigenvalue weighted by molar-refractivity contribution is 7.92. The zero-order valence-electron chi connectivity index (χ0n) is 24.9. The molecule has 0 heterocycles. The van der Waals surface area contributed by atoms with Crippen LogP contribution in [0, 0.1) is 20.8 Å². The lowest BCUT2D eigenvalue weighted by Crippen LogP contribution is -2.55. The molecule has 3 rings (SSSR count). The SMILES string of the molecule is CC[C@H](C(=O)NC(C)(C)C)N(Cc1ccc(C)cc1)C(=O)CN(c1ccc(Cl)cc1C)S(=O)(=O)c1ccc(C)cc1. The average Bonchev–Trinajstić information content (AvgIpc) is 2.87. The van der Waals surface area contributed by atoms with E-state index in [1.54, 1.807) is 37.3 Å². The minimum atomic E-state index is -4.15. The van der Waals surface area contributed by atoms with Crippen molar-refractivity contribution in [1.82, 2.24) is 10.2 Å². The minimum Gasteiger partial charge on any atom is -0.350 e. The van der Waals surface area contributed by atoms with Gasteiger partial charge in [-0.05, 0) is 89.4 Å². The van der Waals surface area contributed by atoms with Gasteiger partial charge in [0.05, 0.1) is 10.6 Å². The molecular weight excluding hydrogens is 558 g/mol. The van der Waals surface area contributed by atoms with Crippen LogP contribution in [0.1, 0.15) is 56.4 Å². The standard InChI is InChI=1S/C32H40ClN3O4S/c1-8-28(31(38)34-32(5,6)7)35(20-25-13-9-22(2)10-14-25)30(37)21-36(29-18-15-26(33)19-24(29)4)41(39,40)27-16-11-23(3)12-17-27/h9-19,28H,8,20-21H2,1-7H3,(H,34,38)/t28-/m1/s1. The third-order valence-electron chi connectivity index (χ3n) is 6.67. The number of nitrogens with zero attached hydrogens (tertiary/aromatic N) is 2. The fourth-order valence-corrected chi connectivity index (χ4v) is 6.22. The number of aryl methyl sites for hydroxylation is 3. The Morgan fingerprint density at radius 2 is 1.46 bits per heavy atom. The molecule has 0 aliphatic heterocycles. The topological polar surface area (TPSA) is 86.8 Å². The Morgan fingerprint density at radius 3 is 1.98 bits per heavy atom. The first kappa shape index (κ1) is 32.2. The minimum absolute atomic E-state index is 0.0628. The van der Waals surface area contributed by atoms with Gasteiger partial charge in [0, 0.05) is 17.1 Å². The molecule has 7 nitrogen and oxygen atoms in total. The van der Waals surface area contributed by atoms with Crippen LogP contribution in [0.5, 0.6) is 0 Å². The predicted molar refractivity (Wildman–Crippen MR) is 166 cm³/mol. The van der Waals surface area contributed by atoms with Gasteiger partial charge in [0.2, 0.25) is 11.8 Å². The quantitative estimate of drug-likeness (QED) is 0.302. The van der Waals surface area contributed by atoms with Crippen LogP contribution in [0.4, 0.5) is 5.69 Å². The smallest absolute Gasteiger partial charge is 0.264 e. The number of nitrogens with one attached hydrogen (secondary N) is 1. The molecule has 0 saturated carbocycles. The summed E-state index contributed by atoms with van der Waals surface area (Å²) < 4.78 is 29.2. The van der Waals surface area contributed by atoms with E-state index in [1.807, 2.05) is 65.8 Å². The van der Waals surface area contributed by atoms with Gasteiger partial charge in [0.1, 0.15) is 12.6 Å². The maximum absolute atomic E-state index is 14.2. The monoisotopic (exact) mass is 597 g/mol. The molecule has 41 heavy (non-hydrogen) atoms. The summed E-state index contributed by atoms with van der Waals surface area (Å²) in [5.41, 5.74) is 3.24. The summed E-state index contributed by atoms with van der Waals surface area (Å²) in [6.45, 7) is 12.7. The first-order valence-corrected chi connectivity index (χ1v) is 15.5. The highest BCUT2D eigenvalue weighted by Crippen LogP contribution is 2.30. The van der Waals surface area contributed by atoms with Gasteiger partial charge in [0.15, 0.2) is 0 Å². The van der Waals surface area contributed by atoms with E-state index in [2.05, 4.69) is 5.32 Å². The number of carbonyl (C=O) groups is 2. The number of sulfonamides is 1. The Morgan fingerprint density at radius 1 is 0.902 bits per heavy atom. The summed E-state index contributed by atoms with van der Waals surface area (Å²) in [7, 11) is -4.15. The molecule has 2 amide bonds. The van der Waals surface area contributed by atoms with Gasteiger partial charge in [-0.2, -0.15) is 0 Å². The Labute approximate surface area is 249 Å². The van der Waals surface area contributed by atoms with Crippen molar-refractivity contribution < 1.29 is 18.0 Å². The van der Waals surface area contributed by atoms with E-state index in [0.717, 1.165) is 21.0 Å². The lowest BCUT2D eigenvalue weighted by molar-refractivity contribution is -0.141. The number of hydrogen-bond donors (Lipinski definition) is 1. The fourth-order valence-electron chi connectivity index (χ4n) is 4.51. The normalized spacial score (nSPS) is 12.5. The second kappa shape index (κ2) is 13.1. The molecule has 0 radical (unpaired) electrons. The molecule has 220 valence electrons. The van der Waals surface area contributed by atoms with Crippen LogP contribution in [-0.2, 0) is 26.2 Å². The molecule has 0 fully saturated rings. The van der Waals surface area contributed by atoms with E-state index in [0.29, 0.717) is 22.7 Å². The number of carbonyl (C=O) groups excluding carboxylic acids is 2. The van der Waals surface area contributed by atoms with Gasteiger partial charge in [-0.25, -0.2) is 8.42 Å². The number of benzene rings is 3. The summed E-state index contributed by atoms with van der Waals surface area (Å²) in [4.78, 5) is 29.2. The van der Waals surface area contributed by atoms with Gasteiger partial charge in [-0.3, -0.25) is 13.9 Å². The Bertz CT molecular complexity index is 1480. The van der Waals surface area contributed by atoms with Gasteiger partial charge in [-0.1, -0.05) is 66.0 Å². The van der Waals surface area contributed by atoms with Crippen LogP contribution < -0.4 is 9.62 Å². The Kier molecular flexibility index (Phi) is 10.3. The molecule has 1 N–H and O–H groups in total. The molecule has 3 aromatic rings. The average molecular weight is 598 g/mol. The van der Waals surface area contributed by atoms with Crippen LogP contribution >= 0.6 is 11.6 Å². The van der Waals surface area contributed by atoms with Crippen molar-refractivity contribution in [3.8, 4) is 0 Å². The zero-order valence-corrected chi connectivity index (χ0v) is 26.4. The largest absolute Gasteiger partial charge is 0.350 e. The first-order chi connectivity index (χ1) is 19.1. The number of halogens is 1. The molecule has 0 spiro atoms. The Balaban J connectivity index is 2.10. The summed E-state index contributed by atoms with van der Waals surface area (Å²) in [6.07, 6.45) is 0.351. The van der Waals surface area contributed by atoms with Crippen molar-refractivity contribution in [3.63, 3.8) is 0 Å². The van der Waals surface area contributed by atoms with Crippen molar-refractivity contribution in [2.45, 2.75) is 77.9 Å². The van der Waals surface area contributed by atoms with Crippen LogP contribution in [-0.4, -0.2) is 43.3 Å². The number of rotatable bonds is 10. The summed E-state index contributed by atoms with van der Waals surface area (Å²) in [6, 6.07) is 18.3. The molecule has 3 aromatic carbocycles. The number of hydrogen-bond acceptors (Lipinski definition) is 4. The van der Waals surface area contributed by atoms with Crippen molar-refractivity contribution in [2.24, 2.45) is 0 Å². The van der Waals surface area contributed by atoms with Gasteiger partial charge in [-0.15, -0.1) is 0 Å². The molecular formula is C32H40ClN3O4S. The van der Waals surface area contributed by atoms with E-state index in [-0.39, 0.29) is 17.3 Å². The second-order valence-corrected chi connectivity index (χ2v) is 13.7. The highest BCUT2D eigenvalue weighted by atomic mass is 35.5. The van der Waals surface area contributed by atoms with Crippen molar-refractivity contribution >= 4 is 39.1 Å². The summed E-state index contributed by atoms with van der Waals surface area (Å²) in [5.74, 6) is -0.789. The first-order valence-electron chi connectivity index (χ1n) is 13.6. The third-order valence-corrected chi connectivity index (χ3v) is 8.68. The van der Waals surface area contributed by atoms with Crippen LogP contribution in [0.2, 0.25) is 5.02 Å². The van der Waals surface area contributed by atoms with E-state index in [1.165, 1.54) is 17.0 Å². The fraction of sp³-hybridized carbons (Fsp3) is 0.375.